The lowest BCUT2D eigenvalue weighted by Gasteiger charge is -2.13. The lowest BCUT2D eigenvalue weighted by Crippen LogP contribution is -2.26. The van der Waals surface area contributed by atoms with E-state index in [0.29, 0.717) is 0 Å². The molecule has 0 unspecified atom stereocenters. The third-order valence-electron chi connectivity index (χ3n) is 1.10. The van der Waals surface area contributed by atoms with Crippen molar-refractivity contribution in [2.75, 3.05) is 6.67 Å². The van der Waals surface area contributed by atoms with Crippen LogP contribution in [-0.2, 0) is 0 Å². The van der Waals surface area contributed by atoms with Crippen LogP contribution >= 0.6 is 0 Å². The summed E-state index contributed by atoms with van der Waals surface area (Å²) in [6, 6.07) is 8.05. The summed E-state index contributed by atoms with van der Waals surface area (Å²) in [4.78, 5) is 0. The van der Waals surface area contributed by atoms with Crippen LogP contribution in [0, 0.1) is 6.07 Å². The van der Waals surface area contributed by atoms with Crippen LogP contribution in [0.2, 0.25) is 0 Å². The maximum absolute atomic E-state index is 12.2. The van der Waals surface area contributed by atoms with Crippen LogP contribution in [0.3, 0.4) is 0 Å². The molecule has 65 valence electrons. The third-order valence-corrected chi connectivity index (χ3v) is 1.10. The Bertz CT molecular complexity index is 235. The van der Waals surface area contributed by atoms with E-state index in [2.05, 4.69) is 10.8 Å². The molecule has 12 heavy (non-hydrogen) atoms. The first-order valence-electron chi connectivity index (χ1n) is 3.23. The topological polar surface area (TPSA) is 9.23 Å². The summed E-state index contributed by atoms with van der Waals surface area (Å²) in [5.41, 5.74) is 0. The number of hydrogen-bond acceptors (Lipinski definition) is 1. The fraction of sp³-hybridized carbons (Fsp3) is 0.250. The molecular formula is C8H6F3O. The molecule has 1 rings (SSSR count). The van der Waals surface area contributed by atoms with Crippen LogP contribution < -0.4 is 4.74 Å². The van der Waals surface area contributed by atoms with Crippen molar-refractivity contribution in [1.29, 1.82) is 0 Å². The van der Waals surface area contributed by atoms with E-state index in [1.165, 1.54) is 24.3 Å². The first kappa shape index (κ1) is 8.90. The number of hydrogen-bond donors (Lipinski definition) is 0. The molecule has 1 aromatic carbocycles. The molecule has 1 radical (unpaired) electrons. The number of ether oxygens (including phenoxy) is 1. The van der Waals surface area contributed by atoms with Gasteiger partial charge in [0, 0.05) is 0 Å². The summed E-state index contributed by atoms with van der Waals surface area (Å²) in [5.74, 6) is -0.0971. The Morgan fingerprint density at radius 3 is 2.75 bits per heavy atom. The van der Waals surface area contributed by atoms with Gasteiger partial charge < -0.3 is 4.74 Å². The molecule has 0 aliphatic carbocycles. The number of halogens is 3. The predicted octanol–water partition coefficient (Wildman–Crippen LogP) is 2.43. The van der Waals surface area contributed by atoms with E-state index in [4.69, 9.17) is 0 Å². The first-order valence-corrected chi connectivity index (χ1v) is 3.23. The van der Waals surface area contributed by atoms with Crippen molar-refractivity contribution in [3.05, 3.63) is 30.3 Å². The van der Waals surface area contributed by atoms with Gasteiger partial charge >= 0.3 is 6.11 Å². The van der Waals surface area contributed by atoms with Gasteiger partial charge in [-0.3, -0.25) is 0 Å². The highest BCUT2D eigenvalue weighted by Crippen LogP contribution is 2.20. The second-order valence-corrected chi connectivity index (χ2v) is 2.11. The molecule has 1 aromatic rings. The zero-order valence-electron chi connectivity index (χ0n) is 6.06. The van der Waals surface area contributed by atoms with Crippen LogP contribution in [-0.4, -0.2) is 12.8 Å². The Balaban J connectivity index is 2.64. The second kappa shape index (κ2) is 3.47. The molecular weight excluding hydrogens is 169 g/mol. The molecule has 4 heteroatoms. The largest absolute Gasteiger partial charge is 0.431 e. The number of rotatable bonds is 3. The molecule has 0 atom stereocenters. The third kappa shape index (κ3) is 2.45. The molecule has 0 spiro atoms. The highest BCUT2D eigenvalue weighted by atomic mass is 19.3. The highest BCUT2D eigenvalue weighted by molar-refractivity contribution is 5.20. The standard InChI is InChI=1S/C8H6F3O/c9-6-8(10,11)12-7-4-2-1-3-5-7/h1-2,4-5H,6H2. The van der Waals surface area contributed by atoms with Gasteiger partial charge in [0.05, 0.1) is 0 Å². The predicted molar refractivity (Wildman–Crippen MR) is 36.8 cm³/mol. The van der Waals surface area contributed by atoms with E-state index in [9.17, 15) is 13.2 Å². The molecule has 0 amide bonds. The molecule has 1 nitrogen and oxygen atoms in total. The van der Waals surface area contributed by atoms with Crippen LogP contribution in [0.4, 0.5) is 13.2 Å². The van der Waals surface area contributed by atoms with E-state index < -0.39 is 12.8 Å². The van der Waals surface area contributed by atoms with Gasteiger partial charge in [-0.25, -0.2) is 4.39 Å². The molecule has 0 fully saturated rings. The minimum Gasteiger partial charge on any atom is -0.431 e. The van der Waals surface area contributed by atoms with Crippen molar-refractivity contribution in [2.45, 2.75) is 6.11 Å². The summed E-state index contributed by atoms with van der Waals surface area (Å²) in [5, 5.41) is 0. The molecule has 0 aliphatic heterocycles. The van der Waals surface area contributed by atoms with Crippen LogP contribution in [0.15, 0.2) is 24.3 Å². The maximum Gasteiger partial charge on any atom is 0.427 e. The molecule has 0 heterocycles. The van der Waals surface area contributed by atoms with Crippen molar-refractivity contribution in [1.82, 2.24) is 0 Å². The Morgan fingerprint density at radius 1 is 1.50 bits per heavy atom. The van der Waals surface area contributed by atoms with Crippen LogP contribution in [0.1, 0.15) is 0 Å². The minimum absolute atomic E-state index is 0.0971. The summed E-state index contributed by atoms with van der Waals surface area (Å²) in [7, 11) is 0. The van der Waals surface area contributed by atoms with Crippen LogP contribution in [0.5, 0.6) is 5.75 Å². The van der Waals surface area contributed by atoms with Gasteiger partial charge in [0.2, 0.25) is 0 Å². The van der Waals surface area contributed by atoms with Gasteiger partial charge in [0.25, 0.3) is 0 Å². The molecule has 0 aromatic heterocycles. The van der Waals surface area contributed by atoms with Crippen molar-refractivity contribution < 1.29 is 17.9 Å². The summed E-state index contributed by atoms with van der Waals surface area (Å²) in [6.45, 7) is -1.83. The SMILES string of the molecule is FCC(F)(F)Oc1c[c]ccc1. The van der Waals surface area contributed by atoms with Gasteiger partial charge in [-0.2, -0.15) is 8.78 Å². The number of benzene rings is 1. The lowest BCUT2D eigenvalue weighted by molar-refractivity contribution is -0.186. The van der Waals surface area contributed by atoms with Crippen molar-refractivity contribution >= 4 is 0 Å². The lowest BCUT2D eigenvalue weighted by atomic mass is 10.3. The molecule has 0 saturated carbocycles. The van der Waals surface area contributed by atoms with E-state index in [1.54, 1.807) is 0 Å². The zero-order chi connectivity index (χ0) is 9.03. The molecule has 0 aliphatic rings. The number of alkyl halides is 3. The Hall–Kier alpha value is -1.19. The van der Waals surface area contributed by atoms with E-state index in [-0.39, 0.29) is 5.75 Å². The summed E-state index contributed by atoms with van der Waals surface area (Å²) >= 11 is 0. The smallest absolute Gasteiger partial charge is 0.427 e. The van der Waals surface area contributed by atoms with Crippen molar-refractivity contribution in [3.8, 4) is 5.75 Å². The second-order valence-electron chi connectivity index (χ2n) is 2.11. The Labute approximate surface area is 67.8 Å². The van der Waals surface area contributed by atoms with Crippen molar-refractivity contribution in [3.63, 3.8) is 0 Å². The zero-order valence-corrected chi connectivity index (χ0v) is 6.06. The average Bonchev–Trinajstić information content (AvgIpc) is 2.06. The highest BCUT2D eigenvalue weighted by Gasteiger charge is 2.31. The normalized spacial score (nSPS) is 11.2. The van der Waals surface area contributed by atoms with Crippen molar-refractivity contribution in [2.24, 2.45) is 0 Å². The molecule has 0 N–H and O–H groups in total. The first-order chi connectivity index (χ1) is 5.64. The Morgan fingerprint density at radius 2 is 2.25 bits per heavy atom. The van der Waals surface area contributed by atoms with E-state index in [0.717, 1.165) is 0 Å². The maximum atomic E-state index is 12.2. The average molecular weight is 175 g/mol. The monoisotopic (exact) mass is 175 g/mol. The Kier molecular flexibility index (Phi) is 2.58. The summed E-state index contributed by atoms with van der Waals surface area (Å²) < 4.78 is 40.0. The quantitative estimate of drug-likeness (QED) is 0.685. The molecule has 0 saturated heterocycles. The fourth-order valence-electron chi connectivity index (χ4n) is 0.640. The van der Waals surface area contributed by atoms with E-state index in [1.807, 2.05) is 0 Å². The minimum atomic E-state index is -3.74. The van der Waals surface area contributed by atoms with Gasteiger partial charge in [0.15, 0.2) is 6.67 Å². The molecule has 0 bridgehead atoms. The van der Waals surface area contributed by atoms with E-state index >= 15 is 0 Å². The van der Waals surface area contributed by atoms with Gasteiger partial charge in [-0.05, 0) is 18.2 Å². The van der Waals surface area contributed by atoms with Gasteiger partial charge in [-0.15, -0.1) is 0 Å². The van der Waals surface area contributed by atoms with Crippen LogP contribution in [0.25, 0.3) is 0 Å². The van der Waals surface area contributed by atoms with Gasteiger partial charge in [-0.1, -0.05) is 12.1 Å². The van der Waals surface area contributed by atoms with Gasteiger partial charge in [0.1, 0.15) is 5.75 Å². The summed E-state index contributed by atoms with van der Waals surface area (Å²) in [6.07, 6.45) is -3.74. The fourth-order valence-corrected chi connectivity index (χ4v) is 0.640.